The zero-order chi connectivity index (χ0) is 45.0. The number of nitrogens with one attached hydrogen (secondary N) is 3. The van der Waals surface area contributed by atoms with Crippen LogP contribution in [0, 0.1) is 0 Å². The number of aryl methyl sites for hydroxylation is 4. The van der Waals surface area contributed by atoms with Gasteiger partial charge in [-0.1, -0.05) is 68.2 Å². The molecular weight excluding hydrogens is 829 g/mol. The summed E-state index contributed by atoms with van der Waals surface area (Å²) in [6, 6.07) is 13.7. The lowest BCUT2D eigenvalue weighted by molar-refractivity contribution is 0.0506. The number of hydrogen-bond donors (Lipinski definition) is 4. The maximum absolute atomic E-state index is 12.6. The van der Waals surface area contributed by atoms with Crippen molar-refractivity contribution >= 4 is 64.0 Å². The van der Waals surface area contributed by atoms with Gasteiger partial charge in [0.05, 0.1) is 19.8 Å². The fraction of sp³-hybridized carbons (Fsp3) is 0.366. The second-order valence-corrected chi connectivity index (χ2v) is 14.1. The maximum atomic E-state index is 12.6. The van der Waals surface area contributed by atoms with Gasteiger partial charge < -0.3 is 34.2 Å². The molecule has 0 aliphatic carbocycles. The number of aromatic nitrogens is 8. The first kappa shape index (κ1) is 47.3. The molecule has 6 aromatic rings. The van der Waals surface area contributed by atoms with Gasteiger partial charge in [-0.2, -0.15) is 0 Å². The Morgan fingerprint density at radius 2 is 1.20 bits per heavy atom. The van der Waals surface area contributed by atoms with Crippen LogP contribution in [-0.2, 0) is 63.0 Å². The highest BCUT2D eigenvalue weighted by molar-refractivity contribution is 6.30. The molecule has 0 saturated carbocycles. The normalized spacial score (nSPS) is 10.7. The van der Waals surface area contributed by atoms with E-state index < -0.39 is 23.7 Å². The zero-order valence-corrected chi connectivity index (χ0v) is 36.9. The van der Waals surface area contributed by atoms with Crippen LogP contribution in [0.25, 0.3) is 11.2 Å². The maximum Gasteiger partial charge on any atom is 0.358 e. The van der Waals surface area contributed by atoms with Crippen LogP contribution in [0.1, 0.15) is 84.2 Å². The average Bonchev–Trinajstić information content (AvgIpc) is 3.84. The quantitative estimate of drug-likeness (QED) is 0.111. The summed E-state index contributed by atoms with van der Waals surface area (Å²) in [6.45, 7) is 10.4. The summed E-state index contributed by atoms with van der Waals surface area (Å²) in [6.07, 6.45) is 2.04. The first-order chi connectivity index (χ1) is 29.1. The second kappa shape index (κ2) is 21.7. The zero-order valence-electron chi connectivity index (χ0n) is 35.4. The molecule has 5 N–H and O–H groups in total. The van der Waals surface area contributed by atoms with Crippen molar-refractivity contribution in [2.24, 2.45) is 21.1 Å². The van der Waals surface area contributed by atoms with Gasteiger partial charge in [-0.3, -0.25) is 19.7 Å². The summed E-state index contributed by atoms with van der Waals surface area (Å²) in [7, 11) is 5.25. The molecule has 0 bridgehead atoms. The molecule has 0 unspecified atom stereocenters. The Morgan fingerprint density at radius 3 is 1.72 bits per heavy atom. The Bertz CT molecular complexity index is 2590. The molecule has 0 aliphatic rings. The lowest BCUT2D eigenvalue weighted by Gasteiger charge is -2.08. The van der Waals surface area contributed by atoms with E-state index in [2.05, 4.69) is 30.6 Å². The van der Waals surface area contributed by atoms with E-state index in [0.717, 1.165) is 29.2 Å². The van der Waals surface area contributed by atoms with Crippen LogP contribution in [0.4, 0.5) is 16.4 Å². The number of anilines is 2. The number of esters is 2. The van der Waals surface area contributed by atoms with Gasteiger partial charge >= 0.3 is 23.7 Å². The van der Waals surface area contributed by atoms with Gasteiger partial charge in [0.15, 0.2) is 34.2 Å². The summed E-state index contributed by atoms with van der Waals surface area (Å²) in [5.41, 5.74) is 7.84. The molecule has 6 rings (SSSR count). The number of imidazole rings is 3. The third kappa shape index (κ3) is 11.7. The SMILES string of the molecule is CCOC(=O)c1c(N)nc(CC)n1C.CCOC(=O)c1c(NC(=O)NCc2ccc(Cl)cc2)nc(CC)n1C.CCc1nc2[nH]c(=O)n(Cc3ccc(Cl)cc3)c(=O)c2n1C. The first-order valence-electron chi connectivity index (χ1n) is 19.5. The summed E-state index contributed by atoms with van der Waals surface area (Å²) in [5, 5.41) is 6.58. The Kier molecular flexibility index (Phi) is 16.8. The molecule has 326 valence electrons. The van der Waals surface area contributed by atoms with E-state index in [1.165, 1.54) is 4.57 Å². The number of nitrogens with two attached hydrogens (primary N) is 1. The number of hydrogen-bond acceptors (Lipinski definition) is 11. The van der Waals surface area contributed by atoms with Crippen LogP contribution in [-0.4, -0.2) is 69.4 Å². The number of ether oxygens (including phenoxy) is 2. The molecule has 0 saturated heterocycles. The summed E-state index contributed by atoms with van der Waals surface area (Å²) >= 11 is 11.7. The van der Waals surface area contributed by atoms with Crippen LogP contribution < -0.4 is 27.6 Å². The summed E-state index contributed by atoms with van der Waals surface area (Å²) in [4.78, 5) is 75.9. The Hall–Kier alpha value is -6.40. The van der Waals surface area contributed by atoms with Crippen molar-refractivity contribution in [3.05, 3.63) is 119 Å². The largest absolute Gasteiger partial charge is 0.461 e. The molecule has 0 radical (unpaired) electrons. The number of carbonyl (C=O) groups is 3. The van der Waals surface area contributed by atoms with Crippen molar-refractivity contribution < 1.29 is 23.9 Å². The highest BCUT2D eigenvalue weighted by Gasteiger charge is 2.23. The van der Waals surface area contributed by atoms with E-state index in [1.807, 2.05) is 32.9 Å². The molecule has 2 amide bonds. The van der Waals surface area contributed by atoms with E-state index >= 15 is 0 Å². The second-order valence-electron chi connectivity index (χ2n) is 13.3. The van der Waals surface area contributed by atoms with Crippen LogP contribution in [0.5, 0.6) is 0 Å². The standard InChI is InChI=1S/C17H21ClN4O3.C15H15ClN4O2.C9H15N3O2/c1-4-13-20-15(14(22(13)3)16(23)25-5-2)21-17(24)19-10-11-6-8-12(18)9-7-11;1-3-11-17-13-12(19(11)2)14(21)20(15(22)18-13)8-9-4-6-10(16)7-5-9;1-4-6-11-8(10)7(12(6)3)9(13)14-5-2/h6-9H,4-5,10H2,1-3H3,(H2,19,21,24);4-7H,3,8H2,1-2H3,(H,18,22);4-5,10H2,1-3H3. The third-order valence-corrected chi connectivity index (χ3v) is 9.75. The van der Waals surface area contributed by atoms with Crippen molar-refractivity contribution in [3.63, 3.8) is 0 Å². The number of urea groups is 1. The molecule has 4 aromatic heterocycles. The number of fused-ring (bicyclic) bond motifs is 1. The monoisotopic (exact) mass is 879 g/mol. The number of nitrogens with zero attached hydrogens (tertiary/aromatic N) is 7. The van der Waals surface area contributed by atoms with Gasteiger partial charge in [0.2, 0.25) is 0 Å². The molecule has 4 heterocycles. The number of rotatable bonds is 12. The van der Waals surface area contributed by atoms with Crippen molar-refractivity contribution in [1.82, 2.24) is 43.5 Å². The smallest absolute Gasteiger partial charge is 0.358 e. The predicted molar refractivity (Wildman–Crippen MR) is 234 cm³/mol. The van der Waals surface area contributed by atoms with E-state index in [1.54, 1.807) is 85.1 Å². The van der Waals surface area contributed by atoms with Crippen LogP contribution in [0.2, 0.25) is 10.0 Å². The van der Waals surface area contributed by atoms with Crippen LogP contribution >= 0.6 is 23.2 Å². The van der Waals surface area contributed by atoms with Crippen LogP contribution in [0.15, 0.2) is 58.1 Å². The first-order valence-corrected chi connectivity index (χ1v) is 20.3. The minimum Gasteiger partial charge on any atom is -0.461 e. The minimum absolute atomic E-state index is 0.186. The van der Waals surface area contributed by atoms with Crippen molar-refractivity contribution in [3.8, 4) is 0 Å². The number of halogens is 2. The lowest BCUT2D eigenvalue weighted by Crippen LogP contribution is -2.36. The topological polar surface area (TPSA) is 228 Å². The number of aromatic amines is 1. The predicted octanol–water partition coefficient (Wildman–Crippen LogP) is 5.56. The number of amides is 2. The highest BCUT2D eigenvalue weighted by Crippen LogP contribution is 2.19. The van der Waals surface area contributed by atoms with E-state index in [0.29, 0.717) is 58.7 Å². The van der Waals surface area contributed by atoms with E-state index in [-0.39, 0.29) is 36.0 Å². The molecule has 0 aliphatic heterocycles. The fourth-order valence-electron chi connectivity index (χ4n) is 6.14. The average molecular weight is 881 g/mol. The number of H-pyrrole nitrogens is 1. The molecule has 0 atom stereocenters. The highest BCUT2D eigenvalue weighted by atomic mass is 35.5. The Morgan fingerprint density at radius 1 is 0.705 bits per heavy atom. The number of nitrogen functional groups attached to an aromatic ring is 1. The Balaban J connectivity index is 0.000000209. The third-order valence-electron chi connectivity index (χ3n) is 9.25. The van der Waals surface area contributed by atoms with Gasteiger partial charge in [-0.25, -0.2) is 34.1 Å². The molecule has 18 nitrogen and oxygen atoms in total. The molecular formula is C41H51Cl2N11O7. The van der Waals surface area contributed by atoms with Crippen molar-refractivity contribution in [2.75, 3.05) is 24.3 Å². The van der Waals surface area contributed by atoms with Crippen molar-refractivity contribution in [1.29, 1.82) is 0 Å². The van der Waals surface area contributed by atoms with Gasteiger partial charge in [-0.15, -0.1) is 0 Å². The van der Waals surface area contributed by atoms with Crippen LogP contribution in [0.3, 0.4) is 0 Å². The van der Waals surface area contributed by atoms with Gasteiger partial charge in [0.1, 0.15) is 17.5 Å². The fourth-order valence-corrected chi connectivity index (χ4v) is 6.39. The summed E-state index contributed by atoms with van der Waals surface area (Å²) in [5.74, 6) is 1.70. The van der Waals surface area contributed by atoms with Gasteiger partial charge in [-0.05, 0) is 49.2 Å². The molecule has 61 heavy (non-hydrogen) atoms. The summed E-state index contributed by atoms with van der Waals surface area (Å²) < 4.78 is 16.1. The lowest BCUT2D eigenvalue weighted by atomic mass is 10.2. The number of benzene rings is 2. The molecule has 2 aromatic carbocycles. The van der Waals surface area contributed by atoms with Gasteiger partial charge in [0, 0.05) is 57.0 Å². The van der Waals surface area contributed by atoms with Gasteiger partial charge in [0.25, 0.3) is 5.56 Å². The van der Waals surface area contributed by atoms with Crippen molar-refractivity contribution in [2.45, 2.75) is 67.0 Å². The Labute approximate surface area is 362 Å². The number of carbonyl (C=O) groups excluding carboxylic acids is 3. The van der Waals surface area contributed by atoms with E-state index in [9.17, 15) is 24.0 Å². The molecule has 0 spiro atoms. The molecule has 0 fully saturated rings. The molecule has 20 heteroatoms. The minimum atomic E-state index is -0.523. The van der Waals surface area contributed by atoms with E-state index in [4.69, 9.17) is 38.4 Å².